The van der Waals surface area contributed by atoms with Gasteiger partial charge in [-0.15, -0.1) is 0 Å². The van der Waals surface area contributed by atoms with Gasteiger partial charge >= 0.3 is 29.6 Å². The average molecular weight is 468 g/mol. The van der Waals surface area contributed by atoms with Crippen molar-refractivity contribution in [2.75, 3.05) is 6.54 Å². The molecule has 0 spiro atoms. The van der Waals surface area contributed by atoms with Crippen LogP contribution in [0.15, 0.2) is 0 Å². The van der Waals surface area contributed by atoms with E-state index in [2.05, 4.69) is 12.2 Å². The Morgan fingerprint density at radius 2 is 1.29 bits per heavy atom. The summed E-state index contributed by atoms with van der Waals surface area (Å²) in [5.41, 5.74) is 0. The van der Waals surface area contributed by atoms with Crippen LogP contribution in [0.4, 0.5) is 0 Å². The maximum Gasteiger partial charge on any atom is 1.00 e. The molecule has 1 rings (SSSR count). The third-order valence-corrected chi connectivity index (χ3v) is 7.85. The normalized spacial score (nSPS) is 15.9. The molecular weight excluding hydrogens is 421 g/mol. The molecule has 1 saturated carbocycles. The van der Waals surface area contributed by atoms with E-state index in [4.69, 9.17) is 0 Å². The molecule has 31 heavy (non-hydrogen) atoms. The Morgan fingerprint density at radius 1 is 0.839 bits per heavy atom. The van der Waals surface area contributed by atoms with Gasteiger partial charge in [-0.1, -0.05) is 103 Å². The van der Waals surface area contributed by atoms with E-state index in [0.717, 1.165) is 51.4 Å². The van der Waals surface area contributed by atoms with Gasteiger partial charge < -0.3 is 9.87 Å². The fourth-order valence-electron chi connectivity index (χ4n) is 4.62. The maximum atomic E-state index is 12.1. The van der Waals surface area contributed by atoms with Crippen molar-refractivity contribution in [3.8, 4) is 0 Å². The number of carbonyl (C=O) groups is 1. The predicted octanol–water partition coefficient (Wildman–Crippen LogP) is 3.08. The van der Waals surface area contributed by atoms with Crippen LogP contribution in [0.2, 0.25) is 0 Å². The molecule has 1 N–H and O–H groups in total. The molecule has 1 aliphatic carbocycles. The molecule has 0 heterocycles. The van der Waals surface area contributed by atoms with Crippen molar-refractivity contribution in [1.82, 2.24) is 5.32 Å². The fraction of sp³-hybridized carbons (Fsp3) is 0.958. The predicted molar refractivity (Wildman–Crippen MR) is 123 cm³/mol. The quantitative estimate of drug-likeness (QED) is 0.191. The van der Waals surface area contributed by atoms with Gasteiger partial charge in [-0.2, -0.15) is 0 Å². The van der Waals surface area contributed by atoms with E-state index < -0.39 is 15.4 Å². The van der Waals surface area contributed by atoms with Crippen molar-refractivity contribution in [1.29, 1.82) is 0 Å². The molecule has 0 bridgehead atoms. The van der Waals surface area contributed by atoms with Crippen molar-refractivity contribution in [2.45, 2.75) is 134 Å². The van der Waals surface area contributed by atoms with Gasteiger partial charge in [-0.3, -0.25) is 4.79 Å². The molecule has 5 nitrogen and oxygen atoms in total. The fourth-order valence-corrected chi connectivity index (χ4v) is 5.65. The number of unbranched alkanes of at least 4 members (excludes halogenated alkanes) is 12. The van der Waals surface area contributed by atoms with Gasteiger partial charge in [0.15, 0.2) is 0 Å². The average Bonchev–Trinajstić information content (AvgIpc) is 2.71. The Labute approximate surface area is 214 Å². The number of rotatable bonds is 18. The van der Waals surface area contributed by atoms with Crippen LogP contribution in [0.5, 0.6) is 0 Å². The zero-order chi connectivity index (χ0) is 22.1. The third kappa shape index (κ3) is 16.6. The van der Waals surface area contributed by atoms with Crippen LogP contribution in [0, 0.1) is 5.92 Å². The van der Waals surface area contributed by atoms with E-state index >= 15 is 0 Å². The number of carbonyl (C=O) groups excluding carboxylic acids is 1. The maximum absolute atomic E-state index is 12.1. The van der Waals surface area contributed by atoms with Crippen molar-refractivity contribution >= 4 is 16.0 Å². The molecule has 0 radical (unpaired) electrons. The van der Waals surface area contributed by atoms with Crippen LogP contribution < -0.4 is 34.9 Å². The number of amides is 1. The number of nitrogens with one attached hydrogen (secondary N) is 1. The minimum Gasteiger partial charge on any atom is -0.748 e. The van der Waals surface area contributed by atoms with Gasteiger partial charge in [-0.05, 0) is 25.2 Å². The van der Waals surface area contributed by atoms with Gasteiger partial charge in [0, 0.05) is 13.0 Å². The monoisotopic (exact) mass is 467 g/mol. The molecular formula is C24H46NNaO4S. The Morgan fingerprint density at radius 3 is 1.74 bits per heavy atom. The van der Waals surface area contributed by atoms with E-state index in [9.17, 15) is 17.8 Å². The largest absolute Gasteiger partial charge is 1.00 e. The summed E-state index contributed by atoms with van der Waals surface area (Å²) in [6, 6.07) is 0. The van der Waals surface area contributed by atoms with Crippen LogP contribution in [-0.2, 0) is 14.9 Å². The summed E-state index contributed by atoms with van der Waals surface area (Å²) >= 11 is 0. The van der Waals surface area contributed by atoms with Crippen molar-refractivity contribution in [3.63, 3.8) is 0 Å². The first-order valence-electron chi connectivity index (χ1n) is 12.7. The standard InChI is InChI=1S/C24H47NO4S.Na/c1-2-3-4-5-6-7-8-9-10-11-12-13-17-20-24(26)25-21-23(30(27,28)29)22-18-15-14-16-19-22;/h22-23H,2-21H2,1H3,(H,25,26)(H,27,28,29);/q;+1/p-1. The van der Waals surface area contributed by atoms with Crippen LogP contribution in [0.3, 0.4) is 0 Å². The molecule has 1 atom stereocenters. The van der Waals surface area contributed by atoms with Crippen LogP contribution in [0.1, 0.15) is 129 Å². The molecule has 0 aromatic carbocycles. The molecule has 0 saturated heterocycles. The minimum atomic E-state index is -4.37. The first-order valence-corrected chi connectivity index (χ1v) is 14.1. The smallest absolute Gasteiger partial charge is 0.748 e. The van der Waals surface area contributed by atoms with E-state index in [1.54, 1.807) is 0 Å². The van der Waals surface area contributed by atoms with Crippen molar-refractivity contribution < 1.29 is 47.3 Å². The van der Waals surface area contributed by atoms with Gasteiger partial charge in [0.2, 0.25) is 5.91 Å². The van der Waals surface area contributed by atoms with E-state index in [1.807, 2.05) is 0 Å². The van der Waals surface area contributed by atoms with Crippen molar-refractivity contribution in [2.24, 2.45) is 5.92 Å². The second-order valence-electron chi connectivity index (χ2n) is 9.23. The molecule has 1 amide bonds. The Kier molecular flexibility index (Phi) is 20.1. The molecule has 1 aliphatic rings. The summed E-state index contributed by atoms with van der Waals surface area (Å²) in [7, 11) is -4.37. The second kappa shape index (κ2) is 19.8. The summed E-state index contributed by atoms with van der Waals surface area (Å²) in [6.07, 6.45) is 21.4. The van der Waals surface area contributed by atoms with Crippen LogP contribution in [-0.4, -0.2) is 30.7 Å². The van der Waals surface area contributed by atoms with Crippen molar-refractivity contribution in [3.05, 3.63) is 0 Å². The third-order valence-electron chi connectivity index (χ3n) is 6.55. The number of hydrogen-bond donors (Lipinski definition) is 1. The van der Waals surface area contributed by atoms with Gasteiger partial charge in [-0.25, -0.2) is 8.42 Å². The Bertz CT molecular complexity index is 536. The Hall–Kier alpha value is 0.380. The summed E-state index contributed by atoms with van der Waals surface area (Å²) in [4.78, 5) is 12.1. The SMILES string of the molecule is CCCCCCCCCCCCCCCC(=O)NCC(C1CCCCC1)S(=O)(=O)[O-].[Na+]. The van der Waals surface area contributed by atoms with Gasteiger partial charge in [0.1, 0.15) is 0 Å². The van der Waals surface area contributed by atoms with Gasteiger partial charge in [0.05, 0.1) is 15.4 Å². The topological polar surface area (TPSA) is 86.3 Å². The van der Waals surface area contributed by atoms with Crippen LogP contribution in [0.25, 0.3) is 0 Å². The van der Waals surface area contributed by atoms with E-state index in [0.29, 0.717) is 6.42 Å². The summed E-state index contributed by atoms with van der Waals surface area (Å²) < 4.78 is 34.9. The molecule has 0 aliphatic heterocycles. The minimum absolute atomic E-state index is 0. The molecule has 1 unspecified atom stereocenters. The summed E-state index contributed by atoms with van der Waals surface area (Å²) in [5.74, 6) is -0.222. The Balaban J connectivity index is 0.00000900. The molecule has 178 valence electrons. The number of hydrogen-bond acceptors (Lipinski definition) is 4. The second-order valence-corrected chi connectivity index (χ2v) is 10.8. The zero-order valence-corrected chi connectivity index (χ0v) is 23.2. The first kappa shape index (κ1) is 31.4. The summed E-state index contributed by atoms with van der Waals surface area (Å²) in [5, 5.41) is 1.75. The summed E-state index contributed by atoms with van der Waals surface area (Å²) in [6.45, 7) is 2.23. The molecule has 0 aromatic rings. The van der Waals surface area contributed by atoms with Crippen LogP contribution >= 0.6 is 0 Å². The zero-order valence-electron chi connectivity index (χ0n) is 20.3. The van der Waals surface area contributed by atoms with E-state index in [1.165, 1.54) is 64.2 Å². The molecule has 0 aromatic heterocycles. The molecule has 1 fully saturated rings. The van der Waals surface area contributed by atoms with Gasteiger partial charge in [0.25, 0.3) is 0 Å². The molecule has 7 heteroatoms. The van der Waals surface area contributed by atoms with E-state index in [-0.39, 0.29) is 47.9 Å². The first-order chi connectivity index (χ1) is 14.4.